The predicted molar refractivity (Wildman–Crippen MR) is 135 cm³/mol. The summed E-state index contributed by atoms with van der Waals surface area (Å²) in [5.74, 6) is 0. The maximum atomic E-state index is 14.5. The first kappa shape index (κ1) is 22.8. The molecule has 1 saturated heterocycles. The summed E-state index contributed by atoms with van der Waals surface area (Å²) in [5.41, 5.74) is 3.06. The lowest BCUT2D eigenvalue weighted by Gasteiger charge is -2.27. The van der Waals surface area contributed by atoms with Crippen LogP contribution in [0.2, 0.25) is 0 Å². The van der Waals surface area contributed by atoms with Crippen LogP contribution in [0.15, 0.2) is 66.7 Å². The molecule has 1 unspecified atom stereocenters. The Labute approximate surface area is 192 Å². The number of benzene rings is 3. The van der Waals surface area contributed by atoms with Crippen LogP contribution in [-0.4, -0.2) is 18.0 Å². The van der Waals surface area contributed by atoms with Gasteiger partial charge in [0.1, 0.15) is 0 Å². The van der Waals surface area contributed by atoms with Crippen molar-refractivity contribution in [3.05, 3.63) is 94.5 Å². The van der Waals surface area contributed by atoms with Gasteiger partial charge in [0.25, 0.3) is 5.66 Å². The molecule has 32 heavy (non-hydrogen) atoms. The fourth-order valence-corrected chi connectivity index (χ4v) is 4.71. The van der Waals surface area contributed by atoms with Gasteiger partial charge >= 0.3 is 0 Å². The molecule has 166 valence electrons. The van der Waals surface area contributed by atoms with E-state index < -0.39 is 5.66 Å². The average molecular weight is 450 g/mol. The van der Waals surface area contributed by atoms with E-state index in [1.807, 2.05) is 54.6 Å². The van der Waals surface area contributed by atoms with Gasteiger partial charge in [-0.25, -0.2) is 0 Å². The molecule has 0 radical (unpaired) electrons. The third-order valence-corrected chi connectivity index (χ3v) is 6.55. The second-order valence-electron chi connectivity index (χ2n) is 8.60. The Balaban J connectivity index is 1.62. The molecule has 0 N–H and O–H groups in total. The molecule has 1 aliphatic heterocycles. The van der Waals surface area contributed by atoms with E-state index in [1.165, 1.54) is 19.3 Å². The fraction of sp³-hybridized carbons (Fsp3) is 0.286. The third-order valence-electron chi connectivity index (χ3n) is 6.23. The molecule has 0 aromatic heterocycles. The molecular weight excluding hydrogens is 419 g/mol. The molecule has 1 nitrogen and oxygen atoms in total. The van der Waals surface area contributed by atoms with Crippen LogP contribution in [0.4, 0.5) is 8.78 Å². The van der Waals surface area contributed by atoms with Crippen molar-refractivity contribution >= 4 is 21.4 Å². The number of hydrogen-bond acceptors (Lipinski definition) is 1. The minimum Gasteiger partial charge on any atom is -0.299 e. The van der Waals surface area contributed by atoms with Crippen LogP contribution >= 0.6 is 9.24 Å². The average Bonchev–Trinajstić information content (AvgIpc) is 2.79. The zero-order valence-corrected chi connectivity index (χ0v) is 19.7. The molecule has 1 heterocycles. The van der Waals surface area contributed by atoms with Gasteiger partial charge in [0.05, 0.1) is 0 Å². The summed E-state index contributed by atoms with van der Waals surface area (Å²) in [6.45, 7) is 4.90. The Morgan fingerprint density at radius 1 is 0.875 bits per heavy atom. The second-order valence-corrected chi connectivity index (χ2v) is 9.33. The van der Waals surface area contributed by atoms with Crippen molar-refractivity contribution in [1.29, 1.82) is 0 Å². The van der Waals surface area contributed by atoms with Gasteiger partial charge in [0.2, 0.25) is 0 Å². The van der Waals surface area contributed by atoms with Gasteiger partial charge in [0, 0.05) is 12.1 Å². The summed E-state index contributed by atoms with van der Waals surface area (Å²) in [6.07, 6.45) is 7.40. The van der Waals surface area contributed by atoms with Crippen LogP contribution in [0.1, 0.15) is 47.1 Å². The van der Waals surface area contributed by atoms with Gasteiger partial charge in [-0.2, -0.15) is 8.78 Å². The van der Waals surface area contributed by atoms with Crippen LogP contribution < -0.4 is 0 Å². The van der Waals surface area contributed by atoms with Gasteiger partial charge in [0.15, 0.2) is 0 Å². The van der Waals surface area contributed by atoms with Gasteiger partial charge in [-0.15, -0.1) is 0 Å². The largest absolute Gasteiger partial charge is 0.299 e. The number of nitrogens with zero attached hydrogens (tertiary/aromatic N) is 1. The zero-order valence-electron chi connectivity index (χ0n) is 18.5. The standard InChI is InChI=1S/C28H30F2NP/c1-21-23(11-8-12-26(21)24-9-4-2-5-10-24)15-16-25-14-13-22(19-27(25)28(29,30)32)20-31-17-6-3-7-18-31/h2,4-5,8-16,19H,3,6-7,17-18,20,32H2,1H3/b16-15+. The predicted octanol–water partition coefficient (Wildman–Crippen LogP) is 7.74. The Morgan fingerprint density at radius 2 is 1.59 bits per heavy atom. The maximum Gasteiger partial charge on any atom is 0.284 e. The number of alkyl halides is 2. The Morgan fingerprint density at radius 3 is 2.31 bits per heavy atom. The van der Waals surface area contributed by atoms with E-state index in [0.29, 0.717) is 5.56 Å². The molecule has 0 amide bonds. The van der Waals surface area contributed by atoms with Crippen molar-refractivity contribution in [3.63, 3.8) is 0 Å². The Hall–Kier alpha value is -2.35. The summed E-state index contributed by atoms with van der Waals surface area (Å²) >= 11 is 0. The molecule has 4 rings (SSSR count). The summed E-state index contributed by atoms with van der Waals surface area (Å²) in [5, 5.41) is 0. The highest BCUT2D eigenvalue weighted by Gasteiger charge is 2.27. The SMILES string of the molecule is Cc1c(/C=C/c2ccc(CN3CCCCC3)cc2C(F)(F)P)cccc1-c1ccccc1. The molecule has 0 aliphatic carbocycles. The summed E-state index contributed by atoms with van der Waals surface area (Å²) in [4.78, 5) is 2.36. The van der Waals surface area contributed by atoms with Crippen molar-refractivity contribution in [2.45, 2.75) is 38.4 Å². The van der Waals surface area contributed by atoms with Gasteiger partial charge in [-0.05, 0) is 72.3 Å². The van der Waals surface area contributed by atoms with Crippen LogP contribution in [0, 0.1) is 6.92 Å². The highest BCUT2D eigenvalue weighted by molar-refractivity contribution is 7.17. The fourth-order valence-electron chi connectivity index (χ4n) is 4.46. The minimum atomic E-state index is -2.97. The lowest BCUT2D eigenvalue weighted by atomic mass is 9.95. The monoisotopic (exact) mass is 449 g/mol. The number of likely N-dealkylation sites (tertiary alicyclic amines) is 1. The second kappa shape index (κ2) is 10.1. The van der Waals surface area contributed by atoms with Crippen LogP contribution in [0.3, 0.4) is 0 Å². The van der Waals surface area contributed by atoms with E-state index in [0.717, 1.165) is 47.5 Å². The first-order chi connectivity index (χ1) is 15.4. The lowest BCUT2D eigenvalue weighted by molar-refractivity contribution is 0.103. The van der Waals surface area contributed by atoms with Crippen molar-refractivity contribution in [2.75, 3.05) is 13.1 Å². The van der Waals surface area contributed by atoms with Crippen molar-refractivity contribution < 1.29 is 8.78 Å². The van der Waals surface area contributed by atoms with Crippen LogP contribution in [-0.2, 0) is 12.2 Å². The minimum absolute atomic E-state index is 0.0603. The van der Waals surface area contributed by atoms with Gasteiger partial charge in [-0.3, -0.25) is 4.90 Å². The molecule has 1 fully saturated rings. The molecular formula is C28H30F2NP. The van der Waals surface area contributed by atoms with E-state index in [1.54, 1.807) is 15.3 Å². The zero-order chi connectivity index (χ0) is 22.6. The number of halogens is 2. The van der Waals surface area contributed by atoms with E-state index in [9.17, 15) is 8.78 Å². The molecule has 0 saturated carbocycles. The summed E-state index contributed by atoms with van der Waals surface area (Å²) in [7, 11) is 1.71. The normalized spacial score (nSPS) is 15.4. The van der Waals surface area contributed by atoms with Gasteiger partial charge < -0.3 is 0 Å². The Bertz CT molecular complexity index is 1080. The van der Waals surface area contributed by atoms with E-state index in [4.69, 9.17) is 0 Å². The van der Waals surface area contributed by atoms with Crippen LogP contribution in [0.5, 0.6) is 0 Å². The third kappa shape index (κ3) is 5.52. The summed E-state index contributed by atoms with van der Waals surface area (Å²) in [6, 6.07) is 21.9. The smallest absolute Gasteiger partial charge is 0.284 e. The first-order valence-electron chi connectivity index (χ1n) is 11.3. The maximum absolute atomic E-state index is 14.5. The number of piperidine rings is 1. The summed E-state index contributed by atoms with van der Waals surface area (Å²) < 4.78 is 29.0. The van der Waals surface area contributed by atoms with Crippen molar-refractivity contribution in [1.82, 2.24) is 4.90 Å². The first-order valence-corrected chi connectivity index (χ1v) is 11.8. The van der Waals surface area contributed by atoms with E-state index >= 15 is 0 Å². The van der Waals surface area contributed by atoms with E-state index in [2.05, 4.69) is 30.0 Å². The topological polar surface area (TPSA) is 3.24 Å². The Kier molecular flexibility index (Phi) is 7.18. The molecule has 1 aliphatic rings. The van der Waals surface area contributed by atoms with Gasteiger partial charge in [-0.1, -0.05) is 88.5 Å². The van der Waals surface area contributed by atoms with Crippen molar-refractivity contribution in [3.8, 4) is 11.1 Å². The van der Waals surface area contributed by atoms with Crippen LogP contribution in [0.25, 0.3) is 23.3 Å². The lowest BCUT2D eigenvalue weighted by Crippen LogP contribution is -2.29. The molecule has 1 atom stereocenters. The highest BCUT2D eigenvalue weighted by atomic mass is 31.0. The highest BCUT2D eigenvalue weighted by Crippen LogP contribution is 2.38. The molecule has 3 aromatic rings. The van der Waals surface area contributed by atoms with Crippen molar-refractivity contribution in [2.24, 2.45) is 0 Å². The molecule has 0 bridgehead atoms. The number of hydrogen-bond donors (Lipinski definition) is 0. The quantitative estimate of drug-likeness (QED) is 0.275. The molecule has 3 aromatic carbocycles. The number of rotatable bonds is 6. The molecule has 0 spiro atoms. The van der Waals surface area contributed by atoms with E-state index in [-0.39, 0.29) is 5.56 Å². The molecule has 4 heteroatoms.